The van der Waals surface area contributed by atoms with Gasteiger partial charge in [0.1, 0.15) is 17.4 Å². The van der Waals surface area contributed by atoms with E-state index in [4.69, 9.17) is 19.6 Å². The van der Waals surface area contributed by atoms with Crippen molar-refractivity contribution in [2.45, 2.75) is 31.0 Å². The average Bonchev–Trinajstić information content (AvgIpc) is 3.49. The first-order chi connectivity index (χ1) is 23.4. The van der Waals surface area contributed by atoms with Crippen LogP contribution in [0.3, 0.4) is 0 Å². The second-order valence-corrected chi connectivity index (χ2v) is 11.5. The van der Waals surface area contributed by atoms with Crippen LogP contribution in [-0.4, -0.2) is 35.7 Å². The minimum absolute atomic E-state index is 0.0204. The summed E-state index contributed by atoms with van der Waals surface area (Å²) in [5, 5.41) is 9.08. The highest BCUT2D eigenvalue weighted by atomic mass is 19.1. The summed E-state index contributed by atoms with van der Waals surface area (Å²) < 4.78 is 40.0. The van der Waals surface area contributed by atoms with Crippen molar-refractivity contribution in [3.05, 3.63) is 161 Å². The second kappa shape index (κ2) is 15.0. The van der Waals surface area contributed by atoms with E-state index in [1.54, 1.807) is 12.1 Å². The summed E-state index contributed by atoms with van der Waals surface area (Å²) in [5.41, 5.74) is 8.79. The lowest BCUT2D eigenvalue weighted by Gasteiger charge is -2.31. The minimum atomic E-state index is -1.47. The first-order valence-electron chi connectivity index (χ1n) is 15.7. The van der Waals surface area contributed by atoms with Crippen LogP contribution in [0.1, 0.15) is 34.8 Å². The third-order valence-corrected chi connectivity index (χ3v) is 8.08. The Bertz CT molecular complexity index is 1830. The highest BCUT2D eigenvalue weighted by Gasteiger charge is 2.53. The quantitative estimate of drug-likeness (QED) is 0.0976. The van der Waals surface area contributed by atoms with E-state index < -0.39 is 29.2 Å². The number of nitrogens with one attached hydrogen (secondary N) is 2. The van der Waals surface area contributed by atoms with Crippen LogP contribution < -0.4 is 15.6 Å². The van der Waals surface area contributed by atoms with Crippen molar-refractivity contribution in [3.8, 4) is 16.9 Å². The molecule has 1 amide bonds. The van der Waals surface area contributed by atoms with Gasteiger partial charge in [0, 0.05) is 37.6 Å². The molecule has 0 spiro atoms. The zero-order valence-electron chi connectivity index (χ0n) is 26.1. The van der Waals surface area contributed by atoms with E-state index in [-0.39, 0.29) is 25.5 Å². The van der Waals surface area contributed by atoms with Crippen molar-refractivity contribution in [3.63, 3.8) is 0 Å². The van der Waals surface area contributed by atoms with Gasteiger partial charge in [-0.05, 0) is 64.2 Å². The number of aliphatic hydroxyl groups is 1. The molecule has 7 nitrogen and oxygen atoms in total. The Morgan fingerprint density at radius 2 is 1.42 bits per heavy atom. The molecule has 48 heavy (non-hydrogen) atoms. The van der Waals surface area contributed by atoms with Crippen LogP contribution in [0.15, 0.2) is 132 Å². The number of benzene rings is 5. The van der Waals surface area contributed by atoms with Crippen molar-refractivity contribution in [2.75, 3.05) is 13.2 Å². The molecular weight excluding hydrogens is 612 g/mol. The third kappa shape index (κ3) is 7.60. The van der Waals surface area contributed by atoms with Gasteiger partial charge in [-0.3, -0.25) is 10.2 Å². The molecule has 6 rings (SSSR count). The van der Waals surface area contributed by atoms with Gasteiger partial charge in [-0.1, -0.05) is 84.9 Å². The molecule has 244 valence electrons. The molecule has 0 bridgehead atoms. The van der Waals surface area contributed by atoms with Gasteiger partial charge in [-0.2, -0.15) is 0 Å². The normalized spacial score (nSPS) is 17.0. The van der Waals surface area contributed by atoms with E-state index in [1.807, 2.05) is 97.1 Å². The Kier molecular flexibility index (Phi) is 10.2. The number of carbonyl (C=O) groups is 1. The molecule has 5 aromatic rings. The van der Waals surface area contributed by atoms with Gasteiger partial charge in [-0.15, -0.1) is 0 Å². The Balaban J connectivity index is 1.36. The summed E-state index contributed by atoms with van der Waals surface area (Å²) in [4.78, 5) is 19.4. The third-order valence-electron chi connectivity index (χ3n) is 8.08. The smallest absolute Gasteiger partial charge is 0.266 e. The van der Waals surface area contributed by atoms with Gasteiger partial charge in [0.25, 0.3) is 5.91 Å². The molecule has 1 aliphatic rings. The van der Waals surface area contributed by atoms with Gasteiger partial charge in [0.05, 0.1) is 6.61 Å². The van der Waals surface area contributed by atoms with Crippen LogP contribution in [0, 0.1) is 11.6 Å². The van der Waals surface area contributed by atoms with E-state index in [1.165, 1.54) is 12.1 Å². The van der Waals surface area contributed by atoms with Crippen LogP contribution in [0.25, 0.3) is 11.1 Å². The molecule has 0 saturated carbocycles. The Morgan fingerprint density at radius 3 is 2.08 bits per heavy atom. The maximum atomic E-state index is 14.4. The van der Waals surface area contributed by atoms with Gasteiger partial charge >= 0.3 is 0 Å². The second-order valence-electron chi connectivity index (χ2n) is 11.5. The van der Waals surface area contributed by atoms with Crippen LogP contribution in [0.4, 0.5) is 8.78 Å². The molecule has 3 N–H and O–H groups in total. The fourth-order valence-corrected chi connectivity index (χ4v) is 5.72. The monoisotopic (exact) mass is 647 g/mol. The number of hydrogen-bond donors (Lipinski definition) is 3. The van der Waals surface area contributed by atoms with Crippen molar-refractivity contribution in [2.24, 2.45) is 4.99 Å². The molecule has 1 heterocycles. The van der Waals surface area contributed by atoms with Gasteiger partial charge < -0.3 is 14.6 Å². The maximum absolute atomic E-state index is 14.4. The number of amides is 1. The zero-order valence-corrected chi connectivity index (χ0v) is 26.1. The van der Waals surface area contributed by atoms with Gasteiger partial charge in [0.2, 0.25) is 5.90 Å². The predicted octanol–water partition coefficient (Wildman–Crippen LogP) is 6.71. The molecule has 9 heteroatoms. The summed E-state index contributed by atoms with van der Waals surface area (Å²) in [6.07, 6.45) is -0.111. The summed E-state index contributed by atoms with van der Waals surface area (Å²) in [7, 11) is 0. The number of hydrazine groups is 1. The van der Waals surface area contributed by atoms with Crippen LogP contribution >= 0.6 is 0 Å². The lowest BCUT2D eigenvalue weighted by Crippen LogP contribution is -2.53. The summed E-state index contributed by atoms with van der Waals surface area (Å²) in [6, 6.07) is 37.8. The fourth-order valence-electron chi connectivity index (χ4n) is 5.72. The predicted molar refractivity (Wildman–Crippen MR) is 180 cm³/mol. The highest BCUT2D eigenvalue weighted by molar-refractivity contribution is 6.01. The van der Waals surface area contributed by atoms with Crippen molar-refractivity contribution < 1.29 is 28.2 Å². The zero-order chi connectivity index (χ0) is 33.3. The van der Waals surface area contributed by atoms with E-state index in [2.05, 4.69) is 10.9 Å². The number of aliphatic imine (C=N–C) groups is 1. The minimum Gasteiger partial charge on any atom is -0.494 e. The lowest BCUT2D eigenvalue weighted by molar-refractivity contribution is -0.130. The van der Waals surface area contributed by atoms with Crippen LogP contribution in [0.5, 0.6) is 5.75 Å². The van der Waals surface area contributed by atoms with E-state index in [0.717, 1.165) is 28.3 Å². The van der Waals surface area contributed by atoms with Crippen LogP contribution in [-0.2, 0) is 22.5 Å². The highest BCUT2D eigenvalue weighted by Crippen LogP contribution is 2.43. The Hall–Kier alpha value is -5.38. The topological polar surface area (TPSA) is 92.2 Å². The number of halogens is 2. The first kappa shape index (κ1) is 32.6. The molecule has 5 aromatic carbocycles. The largest absolute Gasteiger partial charge is 0.494 e. The standard InChI is InChI=1S/C39H35F2N3O4/c40-33-22-28(23-34(41)24-33)26-42-44-38(46)39(25-27-8-3-1-4-9-27)36(31-14-12-30(13-15-31)29-10-5-2-6-11-29)48-37(43-39)32-16-18-35(19-17-32)47-21-7-20-45/h1-6,8-19,22-24,36,42,45H,7,20-21,25-26H2,(H,44,46)/t36-,39-/m0/s1. The summed E-state index contributed by atoms with van der Waals surface area (Å²) >= 11 is 0. The van der Waals surface area contributed by atoms with Crippen molar-refractivity contribution in [1.82, 2.24) is 10.9 Å². The molecule has 0 aliphatic carbocycles. The number of hydrogen-bond acceptors (Lipinski definition) is 6. The number of carbonyl (C=O) groups excluding carboxylic acids is 1. The number of rotatable bonds is 13. The molecule has 0 fully saturated rings. The van der Waals surface area contributed by atoms with Crippen LogP contribution in [0.2, 0.25) is 0 Å². The summed E-state index contributed by atoms with van der Waals surface area (Å²) in [6.45, 7) is 0.396. The van der Waals surface area contributed by atoms with Gasteiger partial charge in [-0.25, -0.2) is 19.2 Å². The molecule has 1 aliphatic heterocycles. The molecule has 0 aromatic heterocycles. The number of ether oxygens (including phenoxy) is 2. The SMILES string of the molecule is O=C(NNCc1cc(F)cc(F)c1)[C@@]1(Cc2ccccc2)N=C(c2ccc(OCCCO)cc2)O[C@H]1c1ccc(-c2ccccc2)cc1. The lowest BCUT2D eigenvalue weighted by atomic mass is 9.82. The molecule has 0 unspecified atom stereocenters. The van der Waals surface area contributed by atoms with Crippen molar-refractivity contribution in [1.29, 1.82) is 0 Å². The molecule has 0 saturated heterocycles. The fraction of sp³-hybridized carbons (Fsp3) is 0.179. The Labute approximate surface area is 277 Å². The first-order valence-corrected chi connectivity index (χ1v) is 15.7. The maximum Gasteiger partial charge on any atom is 0.266 e. The summed E-state index contributed by atoms with van der Waals surface area (Å²) in [5.74, 6) is -0.973. The average molecular weight is 648 g/mol. The number of nitrogens with zero attached hydrogens (tertiary/aromatic N) is 1. The molecular formula is C39H35F2N3O4. The molecule has 2 atom stereocenters. The number of aliphatic hydroxyl groups excluding tert-OH is 1. The van der Waals surface area contributed by atoms with E-state index >= 15 is 0 Å². The van der Waals surface area contributed by atoms with E-state index in [0.29, 0.717) is 29.9 Å². The van der Waals surface area contributed by atoms with E-state index in [9.17, 15) is 13.6 Å². The molecule has 0 radical (unpaired) electrons. The van der Waals surface area contributed by atoms with Gasteiger partial charge in [0.15, 0.2) is 11.6 Å². The van der Waals surface area contributed by atoms with Crippen molar-refractivity contribution >= 4 is 11.8 Å². The Morgan fingerprint density at radius 1 is 0.792 bits per heavy atom.